The summed E-state index contributed by atoms with van der Waals surface area (Å²) in [5, 5.41) is 10.7. The van der Waals surface area contributed by atoms with Crippen LogP contribution in [-0.4, -0.2) is 22.2 Å². The number of ketones is 1. The molecular weight excluding hydrogens is 256 g/mol. The molecular formula is C15H14N2O3. The van der Waals surface area contributed by atoms with Crippen LogP contribution >= 0.6 is 0 Å². The molecule has 0 aromatic rings. The predicted octanol–water partition coefficient (Wildman–Crippen LogP) is 2.50. The Labute approximate surface area is 116 Å². The zero-order valence-corrected chi connectivity index (χ0v) is 11.0. The van der Waals surface area contributed by atoms with E-state index in [0.717, 1.165) is 12.2 Å². The van der Waals surface area contributed by atoms with Crippen LogP contribution in [0, 0.1) is 10.1 Å². The van der Waals surface area contributed by atoms with Crippen LogP contribution in [0.4, 0.5) is 0 Å². The topological polar surface area (TPSA) is 63.4 Å². The first-order chi connectivity index (χ1) is 9.61. The molecule has 0 aromatic carbocycles. The second kappa shape index (κ2) is 5.97. The summed E-state index contributed by atoms with van der Waals surface area (Å²) in [7, 11) is 0. The second-order valence-electron chi connectivity index (χ2n) is 4.22. The lowest BCUT2D eigenvalue weighted by Gasteiger charge is -2.21. The monoisotopic (exact) mass is 270 g/mol. The molecule has 0 atom stereocenters. The summed E-state index contributed by atoms with van der Waals surface area (Å²) in [6, 6.07) is 0. The van der Waals surface area contributed by atoms with E-state index in [4.69, 9.17) is 0 Å². The van der Waals surface area contributed by atoms with Gasteiger partial charge in [0.15, 0.2) is 5.78 Å². The van der Waals surface area contributed by atoms with Crippen molar-refractivity contribution >= 4 is 5.78 Å². The summed E-state index contributed by atoms with van der Waals surface area (Å²) in [6.07, 6.45) is 14.8. The van der Waals surface area contributed by atoms with E-state index in [9.17, 15) is 14.9 Å². The quantitative estimate of drug-likeness (QED) is 0.449. The van der Waals surface area contributed by atoms with Crippen molar-refractivity contribution in [2.45, 2.75) is 6.92 Å². The molecule has 5 heteroatoms. The maximum atomic E-state index is 11.7. The summed E-state index contributed by atoms with van der Waals surface area (Å²) in [5.74, 6) is -0.231. The lowest BCUT2D eigenvalue weighted by molar-refractivity contribution is -0.419. The minimum Gasteiger partial charge on any atom is -0.348 e. The van der Waals surface area contributed by atoms with Gasteiger partial charge in [0.2, 0.25) is 0 Å². The second-order valence-corrected chi connectivity index (χ2v) is 4.22. The molecule has 0 saturated heterocycles. The van der Waals surface area contributed by atoms with Gasteiger partial charge in [0.05, 0.1) is 4.92 Å². The van der Waals surface area contributed by atoms with Gasteiger partial charge in [-0.2, -0.15) is 0 Å². The van der Waals surface area contributed by atoms with E-state index in [1.54, 1.807) is 12.2 Å². The smallest absolute Gasteiger partial charge is 0.270 e. The number of nitro groups is 1. The first kappa shape index (κ1) is 13.7. The molecule has 1 aliphatic carbocycles. The summed E-state index contributed by atoms with van der Waals surface area (Å²) >= 11 is 0. The van der Waals surface area contributed by atoms with Crippen molar-refractivity contribution in [3.8, 4) is 0 Å². The van der Waals surface area contributed by atoms with Crippen molar-refractivity contribution in [2.24, 2.45) is 0 Å². The Kier molecular flexibility index (Phi) is 4.10. The summed E-state index contributed by atoms with van der Waals surface area (Å²) in [4.78, 5) is 23.9. The average Bonchev–Trinajstić information content (AvgIpc) is 2.46. The maximum absolute atomic E-state index is 11.7. The number of allylic oxidation sites excluding steroid dienone is 9. The summed E-state index contributed by atoms with van der Waals surface area (Å²) < 4.78 is 0. The largest absolute Gasteiger partial charge is 0.348 e. The first-order valence-corrected chi connectivity index (χ1v) is 6.24. The van der Waals surface area contributed by atoms with Gasteiger partial charge in [0.1, 0.15) is 0 Å². The van der Waals surface area contributed by atoms with Crippen molar-refractivity contribution in [1.29, 1.82) is 0 Å². The highest BCUT2D eigenvalue weighted by Gasteiger charge is 2.16. The number of likely N-dealkylation sites (N-methyl/N-ethyl adjacent to an activating group) is 1. The molecule has 1 aliphatic heterocycles. The summed E-state index contributed by atoms with van der Waals surface area (Å²) in [6.45, 7) is 2.82. The minimum atomic E-state index is -0.508. The highest BCUT2D eigenvalue weighted by molar-refractivity contribution is 6.07. The van der Waals surface area contributed by atoms with Crippen LogP contribution in [0.5, 0.6) is 0 Å². The SMILES string of the molecule is CCN1C=CC=CC1=CC=C1C=C([N+](=O)[O-])C=CC1=O. The Hall–Kier alpha value is -2.69. The fourth-order valence-corrected chi connectivity index (χ4v) is 1.88. The van der Waals surface area contributed by atoms with Gasteiger partial charge in [-0.15, -0.1) is 0 Å². The average molecular weight is 270 g/mol. The van der Waals surface area contributed by atoms with E-state index in [1.165, 1.54) is 18.2 Å². The van der Waals surface area contributed by atoms with Gasteiger partial charge in [-0.25, -0.2) is 0 Å². The van der Waals surface area contributed by atoms with Crippen LogP contribution in [0.3, 0.4) is 0 Å². The van der Waals surface area contributed by atoms with E-state index in [0.29, 0.717) is 5.57 Å². The van der Waals surface area contributed by atoms with Gasteiger partial charge >= 0.3 is 0 Å². The highest BCUT2D eigenvalue weighted by atomic mass is 16.6. The molecule has 0 aromatic heterocycles. The Morgan fingerprint density at radius 1 is 1.25 bits per heavy atom. The van der Waals surface area contributed by atoms with Gasteiger partial charge < -0.3 is 4.90 Å². The Balaban J connectivity index is 2.28. The van der Waals surface area contributed by atoms with Crippen molar-refractivity contribution in [2.75, 3.05) is 6.54 Å². The number of nitrogens with zero attached hydrogens (tertiary/aromatic N) is 2. The number of hydrogen-bond acceptors (Lipinski definition) is 4. The first-order valence-electron chi connectivity index (χ1n) is 6.24. The predicted molar refractivity (Wildman–Crippen MR) is 76.1 cm³/mol. The molecule has 0 unspecified atom stereocenters. The van der Waals surface area contributed by atoms with Crippen molar-refractivity contribution in [1.82, 2.24) is 4.90 Å². The number of hydrogen-bond donors (Lipinski definition) is 0. The molecule has 0 saturated carbocycles. The van der Waals surface area contributed by atoms with Crippen molar-refractivity contribution in [3.63, 3.8) is 0 Å². The lowest BCUT2D eigenvalue weighted by atomic mass is 10.0. The Morgan fingerprint density at radius 3 is 2.75 bits per heavy atom. The Bertz CT molecular complexity index is 619. The lowest BCUT2D eigenvalue weighted by Crippen LogP contribution is -2.16. The third kappa shape index (κ3) is 3.00. The van der Waals surface area contributed by atoms with Crippen LogP contribution in [0.2, 0.25) is 0 Å². The third-order valence-electron chi connectivity index (χ3n) is 2.95. The van der Waals surface area contributed by atoms with E-state index in [1.807, 2.05) is 36.3 Å². The van der Waals surface area contributed by atoms with Crippen LogP contribution < -0.4 is 0 Å². The molecule has 0 spiro atoms. The van der Waals surface area contributed by atoms with Gasteiger partial charge in [0.25, 0.3) is 5.70 Å². The zero-order chi connectivity index (χ0) is 14.5. The molecule has 102 valence electrons. The molecule has 0 N–H and O–H groups in total. The van der Waals surface area contributed by atoms with E-state index in [-0.39, 0.29) is 11.5 Å². The molecule has 2 aliphatic rings. The number of carbonyl (C=O) groups excluding carboxylic acids is 1. The van der Waals surface area contributed by atoms with Crippen LogP contribution in [0.1, 0.15) is 6.92 Å². The van der Waals surface area contributed by atoms with Crippen LogP contribution in [0.25, 0.3) is 0 Å². The van der Waals surface area contributed by atoms with Crippen LogP contribution in [0.15, 0.2) is 71.8 Å². The van der Waals surface area contributed by atoms with Gasteiger partial charge in [-0.05, 0) is 37.3 Å². The Morgan fingerprint density at radius 2 is 2.05 bits per heavy atom. The van der Waals surface area contributed by atoms with Crippen LogP contribution in [-0.2, 0) is 4.79 Å². The molecule has 2 rings (SSSR count). The number of carbonyl (C=O) groups is 1. The highest BCUT2D eigenvalue weighted by Crippen LogP contribution is 2.16. The zero-order valence-electron chi connectivity index (χ0n) is 11.0. The van der Waals surface area contributed by atoms with E-state index in [2.05, 4.69) is 0 Å². The fraction of sp³-hybridized carbons (Fsp3) is 0.133. The van der Waals surface area contributed by atoms with Gasteiger partial charge in [0, 0.05) is 36.2 Å². The molecule has 0 fully saturated rings. The van der Waals surface area contributed by atoms with E-state index >= 15 is 0 Å². The fourth-order valence-electron chi connectivity index (χ4n) is 1.88. The molecule has 0 bridgehead atoms. The molecule has 20 heavy (non-hydrogen) atoms. The number of rotatable bonds is 3. The van der Waals surface area contributed by atoms with Gasteiger partial charge in [-0.1, -0.05) is 6.08 Å². The van der Waals surface area contributed by atoms with E-state index < -0.39 is 4.92 Å². The van der Waals surface area contributed by atoms with Crippen molar-refractivity contribution < 1.29 is 9.72 Å². The van der Waals surface area contributed by atoms with Gasteiger partial charge in [-0.3, -0.25) is 14.9 Å². The molecule has 1 heterocycles. The summed E-state index contributed by atoms with van der Waals surface area (Å²) in [5.41, 5.74) is 1.16. The maximum Gasteiger partial charge on any atom is 0.270 e. The molecule has 0 radical (unpaired) electrons. The third-order valence-corrected chi connectivity index (χ3v) is 2.95. The standard InChI is InChI=1S/C15H14N2O3/c1-2-16-10-4-3-5-13(16)7-6-12-11-14(17(19)20)8-9-15(12)18/h3-11H,2H2,1H3. The molecule has 0 amide bonds. The van der Waals surface area contributed by atoms with Crippen molar-refractivity contribution in [3.05, 3.63) is 81.9 Å². The normalized spacial score (nSPS) is 21.8. The minimum absolute atomic E-state index is 0.0827. The molecule has 5 nitrogen and oxygen atoms in total.